The van der Waals surface area contributed by atoms with Crippen LogP contribution in [0.3, 0.4) is 0 Å². The fraction of sp³-hybridized carbons (Fsp3) is 0.308. The first kappa shape index (κ1) is 16.4. The van der Waals surface area contributed by atoms with Crippen LogP contribution >= 0.6 is 0 Å². The Kier molecular flexibility index (Phi) is 6.69. The molecule has 1 aromatic carbocycles. The van der Waals surface area contributed by atoms with Crippen molar-refractivity contribution in [2.75, 3.05) is 26.9 Å². The first-order chi connectivity index (χ1) is 10.0. The smallest absolute Gasteiger partial charge is 0.321 e. The van der Waals surface area contributed by atoms with Crippen molar-refractivity contribution in [2.24, 2.45) is 5.73 Å². The van der Waals surface area contributed by atoms with Crippen molar-refractivity contribution in [3.8, 4) is 5.75 Å². The zero-order chi connectivity index (χ0) is 15.7. The van der Waals surface area contributed by atoms with Crippen LogP contribution in [0.25, 0.3) is 0 Å². The number of amides is 4. The summed E-state index contributed by atoms with van der Waals surface area (Å²) in [6, 6.07) is 5.59. The molecule has 0 saturated carbocycles. The lowest BCUT2D eigenvalue weighted by Crippen LogP contribution is -2.42. The largest absolute Gasteiger partial charge is 0.483 e. The van der Waals surface area contributed by atoms with Gasteiger partial charge in [-0.05, 0) is 12.1 Å². The van der Waals surface area contributed by atoms with E-state index in [2.05, 4.69) is 10.6 Å². The molecule has 0 fully saturated rings. The Hall–Kier alpha value is -2.61. The molecular formula is C13H17N3O5. The molecule has 1 rings (SSSR count). The van der Waals surface area contributed by atoms with Gasteiger partial charge in [-0.2, -0.15) is 0 Å². The molecular weight excluding hydrogens is 278 g/mol. The summed E-state index contributed by atoms with van der Waals surface area (Å²) < 4.78 is 9.91. The summed E-state index contributed by atoms with van der Waals surface area (Å²) in [4.78, 5) is 33.9. The predicted molar refractivity (Wildman–Crippen MR) is 73.9 cm³/mol. The van der Waals surface area contributed by atoms with Crippen molar-refractivity contribution in [3.05, 3.63) is 29.8 Å². The van der Waals surface area contributed by atoms with Crippen molar-refractivity contribution < 1.29 is 23.9 Å². The van der Waals surface area contributed by atoms with Gasteiger partial charge in [0.1, 0.15) is 5.75 Å². The molecule has 0 aliphatic rings. The fourth-order valence-corrected chi connectivity index (χ4v) is 1.41. The van der Waals surface area contributed by atoms with E-state index in [1.165, 1.54) is 19.2 Å². The summed E-state index contributed by atoms with van der Waals surface area (Å²) in [5, 5.41) is 4.49. The Labute approximate surface area is 121 Å². The van der Waals surface area contributed by atoms with Gasteiger partial charge in [0.15, 0.2) is 6.61 Å². The number of nitrogens with two attached hydrogens (primary N) is 1. The maximum absolute atomic E-state index is 11.5. The first-order valence-electron chi connectivity index (χ1n) is 6.13. The summed E-state index contributed by atoms with van der Waals surface area (Å²) in [5.41, 5.74) is 5.34. The molecule has 0 unspecified atom stereocenters. The average molecular weight is 295 g/mol. The predicted octanol–water partition coefficient (Wildman–Crippen LogP) is -0.363. The Bertz CT molecular complexity index is 518. The molecule has 0 aromatic heterocycles. The summed E-state index contributed by atoms with van der Waals surface area (Å²) >= 11 is 0. The second-order valence-electron chi connectivity index (χ2n) is 3.95. The van der Waals surface area contributed by atoms with E-state index in [4.69, 9.17) is 15.2 Å². The molecule has 0 saturated heterocycles. The number of hydrogen-bond acceptors (Lipinski definition) is 5. The maximum Gasteiger partial charge on any atom is 0.321 e. The first-order valence-corrected chi connectivity index (χ1v) is 6.13. The third-order valence-electron chi connectivity index (χ3n) is 2.36. The number of carbonyl (C=O) groups excluding carboxylic acids is 3. The Morgan fingerprint density at radius 3 is 2.62 bits per heavy atom. The standard InChI is InChI=1S/C13H17N3O5/c1-20-7-6-15-13(19)16-11(17)8-21-10-5-3-2-4-9(10)12(14)18/h2-5H,6-8H2,1H3,(H2,14,18)(H2,15,16,17,19). The third kappa shape index (κ3) is 5.91. The van der Waals surface area contributed by atoms with Crippen LogP contribution in [0.4, 0.5) is 4.79 Å². The number of carbonyl (C=O) groups is 3. The molecule has 114 valence electrons. The number of rotatable bonds is 7. The number of hydrogen-bond donors (Lipinski definition) is 3. The van der Waals surface area contributed by atoms with Crippen molar-refractivity contribution in [1.29, 1.82) is 0 Å². The van der Waals surface area contributed by atoms with Gasteiger partial charge < -0.3 is 20.5 Å². The summed E-state index contributed by atoms with van der Waals surface area (Å²) in [5.74, 6) is -1.13. The molecule has 0 radical (unpaired) electrons. The van der Waals surface area contributed by atoms with Gasteiger partial charge >= 0.3 is 6.03 Å². The molecule has 21 heavy (non-hydrogen) atoms. The highest BCUT2D eigenvalue weighted by Crippen LogP contribution is 2.16. The Morgan fingerprint density at radius 1 is 1.24 bits per heavy atom. The monoisotopic (exact) mass is 295 g/mol. The van der Waals surface area contributed by atoms with Crippen LogP contribution in [-0.2, 0) is 9.53 Å². The number of urea groups is 1. The van der Waals surface area contributed by atoms with E-state index in [1.807, 2.05) is 0 Å². The van der Waals surface area contributed by atoms with Crippen LogP contribution < -0.4 is 21.1 Å². The lowest BCUT2D eigenvalue weighted by molar-refractivity contribution is -0.122. The minimum absolute atomic E-state index is 0.162. The van der Waals surface area contributed by atoms with E-state index in [1.54, 1.807) is 12.1 Å². The van der Waals surface area contributed by atoms with Gasteiger partial charge in [0.25, 0.3) is 11.8 Å². The molecule has 8 nitrogen and oxygen atoms in total. The third-order valence-corrected chi connectivity index (χ3v) is 2.36. The van der Waals surface area contributed by atoms with Crippen LogP contribution in [-0.4, -0.2) is 44.7 Å². The molecule has 1 aromatic rings. The van der Waals surface area contributed by atoms with E-state index in [0.29, 0.717) is 6.61 Å². The SMILES string of the molecule is COCCNC(=O)NC(=O)COc1ccccc1C(N)=O. The molecule has 0 atom stereocenters. The van der Waals surface area contributed by atoms with Gasteiger partial charge in [-0.25, -0.2) is 4.79 Å². The number of methoxy groups -OCH3 is 1. The van der Waals surface area contributed by atoms with Crippen molar-refractivity contribution in [1.82, 2.24) is 10.6 Å². The normalized spacial score (nSPS) is 9.76. The van der Waals surface area contributed by atoms with E-state index in [9.17, 15) is 14.4 Å². The number of ether oxygens (including phenoxy) is 2. The second kappa shape index (κ2) is 8.54. The number of nitrogens with one attached hydrogen (secondary N) is 2. The molecule has 0 aliphatic heterocycles. The van der Waals surface area contributed by atoms with Crippen LogP contribution in [0.1, 0.15) is 10.4 Å². The van der Waals surface area contributed by atoms with Crippen LogP contribution in [0.15, 0.2) is 24.3 Å². The van der Waals surface area contributed by atoms with Crippen LogP contribution in [0.5, 0.6) is 5.75 Å². The molecule has 0 spiro atoms. The van der Waals surface area contributed by atoms with Gasteiger partial charge in [-0.1, -0.05) is 12.1 Å². The highest BCUT2D eigenvalue weighted by molar-refractivity contribution is 5.96. The lowest BCUT2D eigenvalue weighted by Gasteiger charge is -2.09. The summed E-state index contributed by atoms with van der Waals surface area (Å²) in [7, 11) is 1.49. The molecule has 0 bridgehead atoms. The maximum atomic E-state index is 11.5. The molecule has 8 heteroatoms. The summed E-state index contributed by atoms with van der Waals surface area (Å²) in [6.07, 6.45) is 0. The van der Waals surface area contributed by atoms with Crippen molar-refractivity contribution >= 4 is 17.8 Å². The van der Waals surface area contributed by atoms with Crippen LogP contribution in [0.2, 0.25) is 0 Å². The van der Waals surface area contributed by atoms with E-state index in [-0.39, 0.29) is 17.9 Å². The Balaban J connectivity index is 2.43. The van der Waals surface area contributed by atoms with Gasteiger partial charge in [0.2, 0.25) is 0 Å². The van der Waals surface area contributed by atoms with E-state index in [0.717, 1.165) is 0 Å². The minimum Gasteiger partial charge on any atom is -0.483 e. The van der Waals surface area contributed by atoms with Crippen LogP contribution in [0, 0.1) is 0 Å². The molecule has 4 N–H and O–H groups in total. The van der Waals surface area contributed by atoms with Gasteiger partial charge in [-0.3, -0.25) is 14.9 Å². The minimum atomic E-state index is -0.664. The van der Waals surface area contributed by atoms with E-state index >= 15 is 0 Å². The van der Waals surface area contributed by atoms with Crippen molar-refractivity contribution in [3.63, 3.8) is 0 Å². The molecule has 4 amide bonds. The fourth-order valence-electron chi connectivity index (χ4n) is 1.41. The average Bonchev–Trinajstić information content (AvgIpc) is 2.45. The number of primary amides is 1. The lowest BCUT2D eigenvalue weighted by atomic mass is 10.2. The summed E-state index contributed by atoms with van der Waals surface area (Å²) in [6.45, 7) is 0.201. The Morgan fingerprint density at radius 2 is 1.95 bits per heavy atom. The number of benzene rings is 1. The van der Waals surface area contributed by atoms with Crippen molar-refractivity contribution in [2.45, 2.75) is 0 Å². The van der Waals surface area contributed by atoms with Gasteiger partial charge in [0, 0.05) is 13.7 Å². The topological polar surface area (TPSA) is 120 Å². The zero-order valence-electron chi connectivity index (χ0n) is 11.5. The highest BCUT2D eigenvalue weighted by Gasteiger charge is 2.11. The zero-order valence-corrected chi connectivity index (χ0v) is 11.5. The second-order valence-corrected chi connectivity index (χ2v) is 3.95. The van der Waals surface area contributed by atoms with Gasteiger partial charge in [0.05, 0.1) is 12.2 Å². The van der Waals surface area contributed by atoms with E-state index < -0.39 is 24.5 Å². The number of para-hydroxylation sites is 1. The number of imide groups is 1. The quantitative estimate of drug-likeness (QED) is 0.593. The molecule has 0 aliphatic carbocycles. The van der Waals surface area contributed by atoms with Gasteiger partial charge in [-0.15, -0.1) is 0 Å². The highest BCUT2D eigenvalue weighted by atomic mass is 16.5. The molecule has 0 heterocycles.